The summed E-state index contributed by atoms with van der Waals surface area (Å²) in [7, 11) is 0. The van der Waals surface area contributed by atoms with Gasteiger partial charge in [-0.05, 0) is 92.3 Å². The predicted molar refractivity (Wildman–Crippen MR) is 106 cm³/mol. The van der Waals surface area contributed by atoms with Gasteiger partial charge < -0.3 is 5.11 Å². The first-order chi connectivity index (χ1) is 12.3. The first-order valence-corrected chi connectivity index (χ1v) is 10.7. The van der Waals surface area contributed by atoms with Gasteiger partial charge in [0.25, 0.3) is 0 Å². The molecular formula is C24H35NO. The highest BCUT2D eigenvalue weighted by molar-refractivity contribution is 5.33. The number of aliphatic hydroxyl groups is 1. The van der Waals surface area contributed by atoms with Gasteiger partial charge in [0.05, 0.1) is 6.57 Å². The van der Waals surface area contributed by atoms with Gasteiger partial charge in [-0.1, -0.05) is 38.0 Å². The van der Waals surface area contributed by atoms with Gasteiger partial charge in [0.15, 0.2) is 5.70 Å². The molecule has 0 spiro atoms. The maximum absolute atomic E-state index is 9.91. The molecule has 2 heteroatoms. The van der Waals surface area contributed by atoms with Crippen LogP contribution < -0.4 is 0 Å². The molecule has 0 bridgehead atoms. The highest BCUT2D eigenvalue weighted by Crippen LogP contribution is 2.67. The number of allylic oxidation sites excluding steroid dienone is 4. The number of hydrogen-bond acceptors (Lipinski definition) is 1. The number of rotatable bonds is 1. The molecular weight excluding hydrogens is 318 g/mol. The SMILES string of the molecule is [C-]#[N+]/C(C)=C1/CC[C@H]2[C@@H]3CCC4=C[C@@H](C)[C@@H](CO)C[C@]4(C)[C@H]3CC[C@]12C. The molecule has 0 radical (unpaired) electrons. The molecule has 4 aliphatic carbocycles. The van der Waals surface area contributed by atoms with E-state index in [9.17, 15) is 5.11 Å². The minimum atomic E-state index is 0.270. The van der Waals surface area contributed by atoms with E-state index in [0.29, 0.717) is 23.9 Å². The molecule has 0 saturated heterocycles. The van der Waals surface area contributed by atoms with Gasteiger partial charge in [-0.2, -0.15) is 0 Å². The van der Waals surface area contributed by atoms with Gasteiger partial charge in [0.2, 0.25) is 0 Å². The van der Waals surface area contributed by atoms with E-state index in [1.165, 1.54) is 44.1 Å². The Labute approximate surface area is 159 Å². The van der Waals surface area contributed by atoms with E-state index in [-0.39, 0.29) is 5.41 Å². The maximum atomic E-state index is 9.91. The summed E-state index contributed by atoms with van der Waals surface area (Å²) in [5.41, 5.74) is 4.72. The van der Waals surface area contributed by atoms with Gasteiger partial charge in [0.1, 0.15) is 0 Å². The van der Waals surface area contributed by atoms with E-state index in [4.69, 9.17) is 6.57 Å². The van der Waals surface area contributed by atoms with E-state index in [1.54, 1.807) is 5.57 Å². The zero-order valence-electron chi connectivity index (χ0n) is 17.0. The molecule has 0 amide bonds. The molecule has 0 heterocycles. The van der Waals surface area contributed by atoms with Crippen LogP contribution in [0.15, 0.2) is 22.9 Å². The summed E-state index contributed by atoms with van der Waals surface area (Å²) in [4.78, 5) is 3.81. The van der Waals surface area contributed by atoms with Crippen LogP contribution in [0.4, 0.5) is 0 Å². The first kappa shape index (κ1) is 18.3. The third-order valence-corrected chi connectivity index (χ3v) is 9.25. The molecule has 142 valence electrons. The predicted octanol–water partition coefficient (Wildman–Crippen LogP) is 6.00. The summed E-state index contributed by atoms with van der Waals surface area (Å²) < 4.78 is 0. The van der Waals surface area contributed by atoms with Crippen molar-refractivity contribution in [1.29, 1.82) is 0 Å². The molecule has 26 heavy (non-hydrogen) atoms. The van der Waals surface area contributed by atoms with Crippen molar-refractivity contribution in [3.8, 4) is 0 Å². The minimum absolute atomic E-state index is 0.270. The fourth-order valence-corrected chi connectivity index (χ4v) is 7.77. The van der Waals surface area contributed by atoms with E-state index < -0.39 is 0 Å². The largest absolute Gasteiger partial charge is 0.396 e. The van der Waals surface area contributed by atoms with Crippen molar-refractivity contribution < 1.29 is 5.11 Å². The van der Waals surface area contributed by atoms with Crippen molar-refractivity contribution in [2.24, 2.45) is 40.4 Å². The lowest BCUT2D eigenvalue weighted by atomic mass is 9.46. The maximum Gasteiger partial charge on any atom is 0.162 e. The molecule has 0 unspecified atom stereocenters. The Bertz CT molecular complexity index is 697. The Balaban J connectivity index is 1.68. The van der Waals surface area contributed by atoms with Crippen molar-refractivity contribution in [3.63, 3.8) is 0 Å². The number of hydrogen-bond donors (Lipinski definition) is 1. The molecule has 7 atom stereocenters. The second-order valence-electron chi connectivity index (χ2n) is 10.2. The van der Waals surface area contributed by atoms with E-state index in [2.05, 4.69) is 31.7 Å². The normalized spacial score (nSPS) is 49.4. The topological polar surface area (TPSA) is 24.6 Å². The fraction of sp³-hybridized carbons (Fsp3) is 0.792. The third kappa shape index (κ3) is 2.39. The number of aliphatic hydroxyl groups excluding tert-OH is 1. The van der Waals surface area contributed by atoms with Crippen molar-refractivity contribution >= 4 is 0 Å². The van der Waals surface area contributed by atoms with Crippen molar-refractivity contribution in [3.05, 3.63) is 34.3 Å². The van der Waals surface area contributed by atoms with Crippen LogP contribution >= 0.6 is 0 Å². The molecule has 0 aromatic carbocycles. The lowest BCUT2D eigenvalue weighted by Crippen LogP contribution is -2.50. The summed E-state index contributed by atoms with van der Waals surface area (Å²) >= 11 is 0. The molecule has 2 nitrogen and oxygen atoms in total. The first-order valence-electron chi connectivity index (χ1n) is 10.7. The summed E-state index contributed by atoms with van der Waals surface area (Å²) in [5.74, 6) is 3.29. The van der Waals surface area contributed by atoms with E-state index in [1.807, 2.05) is 6.92 Å². The monoisotopic (exact) mass is 353 g/mol. The lowest BCUT2D eigenvalue weighted by Gasteiger charge is -2.59. The lowest BCUT2D eigenvalue weighted by molar-refractivity contribution is -0.0398. The summed E-state index contributed by atoms with van der Waals surface area (Å²) in [6.07, 6.45) is 11.3. The Morgan fingerprint density at radius 1 is 1.19 bits per heavy atom. The van der Waals surface area contributed by atoms with Crippen LogP contribution in [-0.4, -0.2) is 11.7 Å². The molecule has 0 aromatic rings. The zero-order valence-corrected chi connectivity index (χ0v) is 17.0. The quantitative estimate of drug-likeness (QED) is 0.454. The Morgan fingerprint density at radius 3 is 2.62 bits per heavy atom. The smallest absolute Gasteiger partial charge is 0.162 e. The molecule has 3 saturated carbocycles. The fourth-order valence-electron chi connectivity index (χ4n) is 7.77. The van der Waals surface area contributed by atoms with Crippen LogP contribution in [0.1, 0.15) is 72.6 Å². The average molecular weight is 354 g/mol. The number of nitrogens with zero attached hydrogens (tertiary/aromatic N) is 1. The van der Waals surface area contributed by atoms with Gasteiger partial charge in [-0.25, -0.2) is 4.85 Å². The average Bonchev–Trinajstić information content (AvgIpc) is 2.98. The Morgan fingerprint density at radius 2 is 1.92 bits per heavy atom. The third-order valence-electron chi connectivity index (χ3n) is 9.25. The minimum Gasteiger partial charge on any atom is -0.396 e. The molecule has 4 rings (SSSR count). The van der Waals surface area contributed by atoms with Gasteiger partial charge in [-0.15, -0.1) is 0 Å². The standard InChI is InChI=1S/C24H35NO/c1-15-12-18-6-7-19-21-9-8-20(16(2)25-5)23(21,3)11-10-22(19)24(18,4)13-17(15)14-26/h12,15,17,19,21-22,26H,6-11,13-14H2,1-4H3/b20-16-/t15-,17-,19+,21+,22+,23-,24+/m1/s1. The van der Waals surface area contributed by atoms with Crippen LogP contribution in [0.3, 0.4) is 0 Å². The molecule has 4 aliphatic rings. The van der Waals surface area contributed by atoms with Crippen LogP contribution in [0.2, 0.25) is 0 Å². The Kier molecular flexibility index (Phi) is 4.39. The van der Waals surface area contributed by atoms with Gasteiger partial charge >= 0.3 is 0 Å². The van der Waals surface area contributed by atoms with Gasteiger partial charge in [-0.3, -0.25) is 0 Å². The molecule has 3 fully saturated rings. The second-order valence-corrected chi connectivity index (χ2v) is 10.2. The van der Waals surface area contributed by atoms with Crippen molar-refractivity contribution in [2.75, 3.05) is 6.61 Å². The summed E-state index contributed by atoms with van der Waals surface area (Å²) in [6.45, 7) is 17.1. The highest BCUT2D eigenvalue weighted by atomic mass is 16.3. The number of fused-ring (bicyclic) bond motifs is 5. The highest BCUT2D eigenvalue weighted by Gasteiger charge is 2.58. The van der Waals surface area contributed by atoms with Crippen molar-refractivity contribution in [1.82, 2.24) is 0 Å². The van der Waals surface area contributed by atoms with E-state index >= 15 is 0 Å². The summed E-state index contributed by atoms with van der Waals surface area (Å²) in [5, 5.41) is 9.91. The zero-order chi connectivity index (χ0) is 18.7. The molecule has 1 N–H and O–H groups in total. The van der Waals surface area contributed by atoms with Crippen LogP contribution in [0.25, 0.3) is 4.85 Å². The van der Waals surface area contributed by atoms with Crippen molar-refractivity contribution in [2.45, 2.75) is 72.6 Å². The van der Waals surface area contributed by atoms with Crippen LogP contribution in [0.5, 0.6) is 0 Å². The Hall–Kier alpha value is -1.07. The second kappa shape index (κ2) is 6.23. The van der Waals surface area contributed by atoms with E-state index in [0.717, 1.165) is 29.9 Å². The molecule has 0 aromatic heterocycles. The van der Waals surface area contributed by atoms with Crippen LogP contribution in [-0.2, 0) is 0 Å². The summed E-state index contributed by atoms with van der Waals surface area (Å²) in [6, 6.07) is 0. The van der Waals surface area contributed by atoms with Gasteiger partial charge in [0, 0.05) is 6.61 Å². The van der Waals surface area contributed by atoms with Crippen LogP contribution in [0, 0.1) is 47.0 Å². The molecule has 0 aliphatic heterocycles.